The smallest absolute Gasteiger partial charge is 0.259 e. The fraction of sp³-hybridized carbons (Fsp3) is 0.190. The number of nitrogens with two attached hydrogens (primary N) is 1. The van der Waals surface area contributed by atoms with E-state index < -0.39 is 21.2 Å². The highest BCUT2D eigenvalue weighted by atomic mass is 35.5. The predicted molar refractivity (Wildman–Crippen MR) is 123 cm³/mol. The molecule has 0 saturated heterocycles. The lowest BCUT2D eigenvalue weighted by Gasteiger charge is -2.19. The number of hydrogen-bond acceptors (Lipinski definition) is 8. The summed E-state index contributed by atoms with van der Waals surface area (Å²) in [5, 5.41) is 6.96. The highest BCUT2D eigenvalue weighted by Crippen LogP contribution is 2.34. The summed E-state index contributed by atoms with van der Waals surface area (Å²) >= 11 is 7.08. The first-order chi connectivity index (χ1) is 15.1. The zero-order chi connectivity index (χ0) is 23.2. The monoisotopic (exact) mass is 491 g/mol. The van der Waals surface area contributed by atoms with E-state index in [0.29, 0.717) is 33.4 Å². The van der Waals surface area contributed by atoms with Crippen LogP contribution in [-0.4, -0.2) is 17.8 Å². The maximum Gasteiger partial charge on any atom is 0.259 e. The number of halogens is 1. The molecule has 0 bridgehead atoms. The zero-order valence-corrected chi connectivity index (χ0v) is 19.6. The fourth-order valence-electron chi connectivity index (χ4n) is 3.41. The van der Waals surface area contributed by atoms with Crippen LogP contribution in [0.15, 0.2) is 50.1 Å². The molecule has 4 rings (SSSR count). The van der Waals surface area contributed by atoms with Crippen LogP contribution < -0.4 is 15.3 Å². The Morgan fingerprint density at radius 1 is 1.25 bits per heavy atom. The second kappa shape index (κ2) is 8.28. The van der Waals surface area contributed by atoms with Crippen LogP contribution in [0.1, 0.15) is 29.7 Å². The summed E-state index contributed by atoms with van der Waals surface area (Å²) < 4.78 is 40.1. The molecule has 8 nitrogen and oxygen atoms in total. The maximum absolute atomic E-state index is 13.1. The molecule has 0 saturated carbocycles. The number of aryl methyl sites for hydroxylation is 1. The molecule has 32 heavy (non-hydrogen) atoms. The van der Waals surface area contributed by atoms with E-state index in [9.17, 15) is 13.2 Å². The van der Waals surface area contributed by atoms with E-state index in [4.69, 9.17) is 25.9 Å². The molecule has 0 unspecified atom stereocenters. The summed E-state index contributed by atoms with van der Waals surface area (Å²) in [6.45, 7) is 5.26. The highest BCUT2D eigenvalue weighted by molar-refractivity contribution is 7.89. The van der Waals surface area contributed by atoms with E-state index >= 15 is 0 Å². The van der Waals surface area contributed by atoms with Crippen LogP contribution in [-0.2, 0) is 10.0 Å². The van der Waals surface area contributed by atoms with Crippen molar-refractivity contribution in [3.8, 4) is 17.1 Å². The fourth-order valence-corrected chi connectivity index (χ4v) is 4.75. The Morgan fingerprint density at radius 2 is 2.00 bits per heavy atom. The van der Waals surface area contributed by atoms with E-state index in [0.717, 1.165) is 5.56 Å². The van der Waals surface area contributed by atoms with Crippen LogP contribution >= 0.6 is 23.1 Å². The van der Waals surface area contributed by atoms with Gasteiger partial charge in [0.15, 0.2) is 11.2 Å². The third kappa shape index (κ3) is 4.14. The summed E-state index contributed by atoms with van der Waals surface area (Å²) in [5.74, 6) is 0.364. The van der Waals surface area contributed by atoms with Crippen LogP contribution in [0.5, 0.6) is 5.75 Å². The average molecular weight is 492 g/mol. The van der Waals surface area contributed by atoms with Crippen molar-refractivity contribution in [1.29, 1.82) is 0 Å². The highest BCUT2D eigenvalue weighted by Gasteiger charge is 2.23. The molecule has 0 fully saturated rings. The van der Waals surface area contributed by atoms with Crippen LogP contribution in [0.3, 0.4) is 0 Å². The van der Waals surface area contributed by atoms with Gasteiger partial charge in [-0.05, 0) is 62.1 Å². The van der Waals surface area contributed by atoms with Gasteiger partial charge in [-0.1, -0.05) is 11.6 Å². The average Bonchev–Trinajstić information content (AvgIpc) is 3.25. The third-order valence-electron chi connectivity index (χ3n) is 4.89. The second-order valence-electron chi connectivity index (χ2n) is 7.27. The lowest BCUT2D eigenvalue weighted by Crippen LogP contribution is -2.17. The number of ether oxygens (including phenoxy) is 1. The maximum atomic E-state index is 13.1. The number of sulfonamides is 1. The summed E-state index contributed by atoms with van der Waals surface area (Å²) in [6, 6.07) is 6.35. The Hall–Kier alpha value is -2.79. The van der Waals surface area contributed by atoms with Gasteiger partial charge in [-0.15, -0.1) is 0 Å². The Kier molecular flexibility index (Phi) is 5.80. The number of aromatic nitrogens is 2. The second-order valence-corrected chi connectivity index (χ2v) is 9.79. The summed E-state index contributed by atoms with van der Waals surface area (Å²) in [7, 11) is -4.18. The van der Waals surface area contributed by atoms with Gasteiger partial charge < -0.3 is 9.15 Å². The predicted octanol–water partition coefficient (Wildman–Crippen LogP) is 4.37. The standard InChI is InChI=1S/C21H18ClN3O5S2/c1-10-6-14(12(3)29-16-4-5-17(22)25-21(16)32(23,27)28)20-15(7-10)18(26)11(2)19(30-20)13-8-24-31-9-13/h4-9,12H,1-3H3,(H2,23,27,28)/t12-/m1/s1. The lowest BCUT2D eigenvalue weighted by molar-refractivity contribution is 0.219. The van der Waals surface area contributed by atoms with Gasteiger partial charge in [0, 0.05) is 22.1 Å². The third-order valence-corrected chi connectivity index (χ3v) is 6.52. The molecule has 4 aromatic rings. The number of primary sulfonamides is 1. The van der Waals surface area contributed by atoms with E-state index in [2.05, 4.69) is 9.36 Å². The Labute approximate surface area is 192 Å². The van der Waals surface area contributed by atoms with Crippen molar-refractivity contribution in [3.63, 3.8) is 0 Å². The SMILES string of the molecule is Cc1cc([C@@H](C)Oc2ccc(Cl)nc2S(N)(=O)=O)c2oc(-c3cnsc3)c(C)c(=O)c2c1. The minimum absolute atomic E-state index is 0.0366. The van der Waals surface area contributed by atoms with E-state index in [1.807, 2.05) is 13.0 Å². The number of fused-ring (bicyclic) bond motifs is 1. The molecule has 11 heteroatoms. The van der Waals surface area contributed by atoms with Gasteiger partial charge in [-0.2, -0.15) is 0 Å². The first-order valence-electron chi connectivity index (χ1n) is 9.40. The lowest BCUT2D eigenvalue weighted by atomic mass is 10.0. The van der Waals surface area contributed by atoms with Gasteiger partial charge in [0.2, 0.25) is 5.03 Å². The Bertz CT molecular complexity index is 1500. The number of nitrogens with zero attached hydrogens (tertiary/aromatic N) is 2. The molecule has 0 aliphatic carbocycles. The molecule has 3 aromatic heterocycles. The molecule has 1 aromatic carbocycles. The normalized spacial score (nSPS) is 12.8. The van der Waals surface area contributed by atoms with Gasteiger partial charge in [-0.3, -0.25) is 4.79 Å². The Morgan fingerprint density at radius 3 is 2.66 bits per heavy atom. The topological polar surface area (TPSA) is 125 Å². The molecule has 0 aliphatic heterocycles. The van der Waals surface area contributed by atoms with Crippen molar-refractivity contribution in [2.24, 2.45) is 5.14 Å². The first kappa shape index (κ1) is 22.4. The van der Waals surface area contributed by atoms with Crippen LogP contribution in [0, 0.1) is 13.8 Å². The van der Waals surface area contributed by atoms with Crippen LogP contribution in [0.25, 0.3) is 22.3 Å². The number of rotatable bonds is 5. The minimum Gasteiger partial charge on any atom is -0.483 e. The first-order valence-corrected chi connectivity index (χ1v) is 12.2. The van der Waals surface area contributed by atoms with Crippen molar-refractivity contribution < 1.29 is 17.6 Å². The summed E-state index contributed by atoms with van der Waals surface area (Å²) in [4.78, 5) is 16.9. The summed E-state index contributed by atoms with van der Waals surface area (Å²) in [6.07, 6.45) is 0.924. The molecule has 0 radical (unpaired) electrons. The molecule has 166 valence electrons. The molecule has 2 N–H and O–H groups in total. The van der Waals surface area contributed by atoms with E-state index in [1.54, 1.807) is 31.5 Å². The van der Waals surface area contributed by atoms with Crippen molar-refractivity contribution in [2.45, 2.75) is 31.9 Å². The van der Waals surface area contributed by atoms with Crippen molar-refractivity contribution in [3.05, 3.63) is 67.9 Å². The van der Waals surface area contributed by atoms with Gasteiger partial charge in [0.25, 0.3) is 10.0 Å². The van der Waals surface area contributed by atoms with Crippen molar-refractivity contribution in [2.75, 3.05) is 0 Å². The summed E-state index contributed by atoms with van der Waals surface area (Å²) in [5.41, 5.74) is 2.74. The zero-order valence-electron chi connectivity index (χ0n) is 17.2. The van der Waals surface area contributed by atoms with Gasteiger partial charge in [-0.25, -0.2) is 22.9 Å². The van der Waals surface area contributed by atoms with Crippen molar-refractivity contribution in [1.82, 2.24) is 9.36 Å². The molecule has 3 heterocycles. The molecule has 1 atom stereocenters. The van der Waals surface area contributed by atoms with Gasteiger partial charge >= 0.3 is 0 Å². The molecule has 0 aliphatic rings. The largest absolute Gasteiger partial charge is 0.483 e. The van der Waals surface area contributed by atoms with Gasteiger partial charge in [0.05, 0.1) is 11.6 Å². The quantitative estimate of drug-likeness (QED) is 0.411. The molecular formula is C21H18ClN3O5S2. The van der Waals surface area contributed by atoms with E-state index in [-0.39, 0.29) is 16.3 Å². The Balaban J connectivity index is 1.89. The minimum atomic E-state index is -4.18. The van der Waals surface area contributed by atoms with Crippen molar-refractivity contribution >= 4 is 44.1 Å². The molecule has 0 amide bonds. The van der Waals surface area contributed by atoms with Crippen LogP contribution in [0.2, 0.25) is 5.15 Å². The molecule has 0 spiro atoms. The van der Waals surface area contributed by atoms with Crippen LogP contribution in [0.4, 0.5) is 0 Å². The number of hydrogen-bond donors (Lipinski definition) is 1. The van der Waals surface area contributed by atoms with Gasteiger partial charge in [0.1, 0.15) is 22.6 Å². The molecular weight excluding hydrogens is 474 g/mol. The number of pyridine rings is 1. The number of benzene rings is 1. The van der Waals surface area contributed by atoms with E-state index in [1.165, 1.54) is 23.7 Å².